The van der Waals surface area contributed by atoms with Crippen LogP contribution in [0.1, 0.15) is 41.0 Å². The van der Waals surface area contributed by atoms with Crippen LogP contribution in [0.3, 0.4) is 0 Å². The van der Waals surface area contributed by atoms with Gasteiger partial charge in [0.2, 0.25) is 11.8 Å². The SMILES string of the molecule is O=C(O)CCc1ccc2c(n1)CN(C1CCC(=O)NC1=O)C2=O. The summed E-state index contributed by atoms with van der Waals surface area (Å²) in [6.07, 6.45) is 0.760. The van der Waals surface area contributed by atoms with E-state index in [0.29, 0.717) is 23.4 Å². The molecule has 0 aromatic carbocycles. The number of carbonyl (C=O) groups is 4. The lowest BCUT2D eigenvalue weighted by Gasteiger charge is -2.29. The molecule has 0 spiro atoms. The number of rotatable bonds is 4. The van der Waals surface area contributed by atoms with E-state index >= 15 is 0 Å². The number of carbonyl (C=O) groups excluding carboxylic acids is 3. The molecule has 1 aromatic rings. The number of carboxylic acid groups (broad SMARTS) is 1. The van der Waals surface area contributed by atoms with Crippen molar-refractivity contribution < 1.29 is 24.3 Å². The topological polar surface area (TPSA) is 117 Å². The van der Waals surface area contributed by atoms with Crippen LogP contribution >= 0.6 is 0 Å². The van der Waals surface area contributed by atoms with Gasteiger partial charge in [0.15, 0.2) is 0 Å². The highest BCUT2D eigenvalue weighted by Crippen LogP contribution is 2.26. The van der Waals surface area contributed by atoms with Gasteiger partial charge in [-0.3, -0.25) is 29.5 Å². The second kappa shape index (κ2) is 5.79. The van der Waals surface area contributed by atoms with E-state index in [2.05, 4.69) is 10.3 Å². The van der Waals surface area contributed by atoms with Gasteiger partial charge in [0, 0.05) is 18.5 Å². The van der Waals surface area contributed by atoms with Crippen LogP contribution in [-0.4, -0.2) is 44.7 Å². The van der Waals surface area contributed by atoms with Crippen LogP contribution in [0.25, 0.3) is 0 Å². The average Bonchev–Trinajstić information content (AvgIpc) is 2.82. The molecule has 0 bridgehead atoms. The third-order valence-corrected chi connectivity index (χ3v) is 4.02. The lowest BCUT2D eigenvalue weighted by atomic mass is 10.0. The van der Waals surface area contributed by atoms with Crippen molar-refractivity contribution in [1.82, 2.24) is 15.2 Å². The van der Waals surface area contributed by atoms with E-state index in [-0.39, 0.29) is 37.6 Å². The van der Waals surface area contributed by atoms with Crippen molar-refractivity contribution in [2.45, 2.75) is 38.3 Å². The van der Waals surface area contributed by atoms with Crippen molar-refractivity contribution >= 4 is 23.7 Å². The van der Waals surface area contributed by atoms with Gasteiger partial charge in [-0.15, -0.1) is 0 Å². The Morgan fingerprint density at radius 1 is 1.35 bits per heavy atom. The Kier molecular flexibility index (Phi) is 3.81. The maximum absolute atomic E-state index is 12.4. The Balaban J connectivity index is 1.77. The molecule has 8 heteroatoms. The minimum absolute atomic E-state index is 0.0312. The van der Waals surface area contributed by atoms with Crippen molar-refractivity contribution in [3.05, 3.63) is 29.1 Å². The molecule has 2 aliphatic heterocycles. The number of piperidine rings is 1. The van der Waals surface area contributed by atoms with E-state index in [1.54, 1.807) is 12.1 Å². The minimum Gasteiger partial charge on any atom is -0.481 e. The Morgan fingerprint density at radius 3 is 2.83 bits per heavy atom. The molecule has 0 radical (unpaired) electrons. The molecule has 0 saturated carbocycles. The molecule has 2 aliphatic rings. The largest absolute Gasteiger partial charge is 0.481 e. The fourth-order valence-electron chi connectivity index (χ4n) is 2.86. The second-order valence-corrected chi connectivity index (χ2v) is 5.59. The zero-order valence-electron chi connectivity index (χ0n) is 12.2. The molecule has 3 heterocycles. The highest BCUT2D eigenvalue weighted by Gasteiger charge is 2.39. The molecule has 1 aromatic heterocycles. The molecule has 8 nitrogen and oxygen atoms in total. The number of aromatic nitrogens is 1. The van der Waals surface area contributed by atoms with Crippen LogP contribution in [0, 0.1) is 0 Å². The van der Waals surface area contributed by atoms with Crippen molar-refractivity contribution in [2.75, 3.05) is 0 Å². The summed E-state index contributed by atoms with van der Waals surface area (Å²) in [5.41, 5.74) is 1.57. The van der Waals surface area contributed by atoms with E-state index in [4.69, 9.17) is 5.11 Å². The molecule has 1 fully saturated rings. The normalized spacial score (nSPS) is 20.4. The molecular weight excluding hydrogens is 302 g/mol. The quantitative estimate of drug-likeness (QED) is 0.747. The lowest BCUT2D eigenvalue weighted by molar-refractivity contribution is -0.138. The van der Waals surface area contributed by atoms with Gasteiger partial charge < -0.3 is 10.0 Å². The summed E-state index contributed by atoms with van der Waals surface area (Å²) >= 11 is 0. The fourth-order valence-corrected chi connectivity index (χ4v) is 2.86. The van der Waals surface area contributed by atoms with E-state index < -0.39 is 17.9 Å². The van der Waals surface area contributed by atoms with Crippen molar-refractivity contribution in [2.24, 2.45) is 0 Å². The third-order valence-electron chi connectivity index (χ3n) is 4.02. The van der Waals surface area contributed by atoms with Gasteiger partial charge in [-0.1, -0.05) is 0 Å². The van der Waals surface area contributed by atoms with Crippen LogP contribution in [-0.2, 0) is 27.3 Å². The predicted molar refractivity (Wildman–Crippen MR) is 76.2 cm³/mol. The number of imide groups is 1. The minimum atomic E-state index is -0.909. The predicted octanol–water partition coefficient (Wildman–Crippen LogP) is -0.140. The number of aliphatic carboxylic acids is 1. The lowest BCUT2D eigenvalue weighted by Crippen LogP contribution is -2.52. The Bertz CT molecular complexity index is 715. The zero-order valence-corrected chi connectivity index (χ0v) is 12.2. The molecule has 3 rings (SSSR count). The van der Waals surface area contributed by atoms with Crippen LogP contribution in [0.4, 0.5) is 0 Å². The first kappa shape index (κ1) is 15.1. The van der Waals surface area contributed by atoms with Gasteiger partial charge in [-0.25, -0.2) is 0 Å². The summed E-state index contributed by atoms with van der Waals surface area (Å²) in [5, 5.41) is 11.0. The molecule has 23 heavy (non-hydrogen) atoms. The number of fused-ring (bicyclic) bond motifs is 1. The molecule has 0 aliphatic carbocycles. The van der Waals surface area contributed by atoms with Crippen molar-refractivity contribution in [3.8, 4) is 0 Å². The monoisotopic (exact) mass is 317 g/mol. The summed E-state index contributed by atoms with van der Waals surface area (Å²) in [4.78, 5) is 51.9. The second-order valence-electron chi connectivity index (χ2n) is 5.59. The zero-order chi connectivity index (χ0) is 16.6. The first-order valence-corrected chi connectivity index (χ1v) is 7.31. The molecule has 1 atom stereocenters. The summed E-state index contributed by atoms with van der Waals surface area (Å²) in [7, 11) is 0. The van der Waals surface area contributed by atoms with Gasteiger partial charge in [0.05, 0.1) is 24.2 Å². The van der Waals surface area contributed by atoms with Gasteiger partial charge in [-0.05, 0) is 18.6 Å². The molecule has 120 valence electrons. The van der Waals surface area contributed by atoms with Gasteiger partial charge in [0.25, 0.3) is 5.91 Å². The standard InChI is InChI=1S/C15H15N3O5/c19-12-5-4-11(14(22)17-12)18-7-10-9(15(18)23)3-1-8(16-10)2-6-13(20)21/h1,3,11H,2,4-7H2,(H,20,21)(H,17,19,22). The number of nitrogens with zero attached hydrogens (tertiary/aromatic N) is 2. The van der Waals surface area contributed by atoms with E-state index in [0.717, 1.165) is 0 Å². The number of carboxylic acids is 1. The van der Waals surface area contributed by atoms with Gasteiger partial charge in [0.1, 0.15) is 6.04 Å². The van der Waals surface area contributed by atoms with Gasteiger partial charge >= 0.3 is 5.97 Å². The molecule has 3 amide bonds. The number of nitrogens with one attached hydrogen (secondary N) is 1. The maximum atomic E-state index is 12.4. The number of aryl methyl sites for hydroxylation is 1. The van der Waals surface area contributed by atoms with Crippen LogP contribution in [0.5, 0.6) is 0 Å². The van der Waals surface area contributed by atoms with E-state index in [1.807, 2.05) is 0 Å². The smallest absolute Gasteiger partial charge is 0.303 e. The van der Waals surface area contributed by atoms with E-state index in [1.165, 1.54) is 4.90 Å². The Labute approximate surface area is 131 Å². The van der Waals surface area contributed by atoms with Crippen LogP contribution in [0.15, 0.2) is 12.1 Å². The van der Waals surface area contributed by atoms with Crippen molar-refractivity contribution in [1.29, 1.82) is 0 Å². The summed E-state index contributed by atoms with van der Waals surface area (Å²) in [6.45, 7) is 0.196. The summed E-state index contributed by atoms with van der Waals surface area (Å²) < 4.78 is 0. The first-order chi connectivity index (χ1) is 11.0. The Morgan fingerprint density at radius 2 is 2.13 bits per heavy atom. The van der Waals surface area contributed by atoms with E-state index in [9.17, 15) is 19.2 Å². The summed E-state index contributed by atoms with van der Waals surface area (Å²) in [6, 6.07) is 2.58. The van der Waals surface area contributed by atoms with Crippen molar-refractivity contribution in [3.63, 3.8) is 0 Å². The third kappa shape index (κ3) is 2.92. The maximum Gasteiger partial charge on any atom is 0.303 e. The number of hydrogen-bond donors (Lipinski definition) is 2. The number of hydrogen-bond acceptors (Lipinski definition) is 5. The Hall–Kier alpha value is -2.77. The molecular formula is C15H15N3O5. The number of amides is 3. The first-order valence-electron chi connectivity index (χ1n) is 7.31. The molecule has 2 N–H and O–H groups in total. The van der Waals surface area contributed by atoms with Crippen LogP contribution in [0.2, 0.25) is 0 Å². The average molecular weight is 317 g/mol. The molecule has 1 unspecified atom stereocenters. The molecule has 1 saturated heterocycles. The number of pyridine rings is 1. The highest BCUT2D eigenvalue weighted by molar-refractivity contribution is 6.05. The van der Waals surface area contributed by atoms with Gasteiger partial charge in [-0.2, -0.15) is 0 Å². The summed E-state index contributed by atoms with van der Waals surface area (Å²) in [5.74, 6) is -1.99. The van der Waals surface area contributed by atoms with Crippen LogP contribution < -0.4 is 5.32 Å². The highest BCUT2D eigenvalue weighted by atomic mass is 16.4. The fraction of sp³-hybridized carbons (Fsp3) is 0.400.